The molecular weight excluding hydrogens is 420 g/mol. The maximum atomic E-state index is 13.1. The Morgan fingerprint density at radius 1 is 1.03 bits per heavy atom. The molecule has 1 fully saturated rings. The van der Waals surface area contributed by atoms with E-state index in [1.807, 2.05) is 18.2 Å². The first-order valence-electron chi connectivity index (χ1n) is 9.98. The zero-order valence-electron chi connectivity index (χ0n) is 16.6. The molecule has 3 atom stereocenters. The van der Waals surface area contributed by atoms with Crippen molar-refractivity contribution < 1.29 is 27.5 Å². The summed E-state index contributed by atoms with van der Waals surface area (Å²) in [6.45, 7) is -0.134. The number of urea groups is 1. The highest BCUT2D eigenvalue weighted by atomic mass is 32.2. The Bertz CT molecular complexity index is 1120. The van der Waals surface area contributed by atoms with Gasteiger partial charge >= 0.3 is 11.3 Å². The Morgan fingerprint density at radius 2 is 1.74 bits per heavy atom. The molecule has 3 amide bonds. The van der Waals surface area contributed by atoms with Gasteiger partial charge in [-0.3, -0.25) is 10.1 Å². The zero-order chi connectivity index (χ0) is 22.0. The van der Waals surface area contributed by atoms with E-state index in [0.29, 0.717) is 17.5 Å². The van der Waals surface area contributed by atoms with Crippen molar-refractivity contribution in [3.8, 4) is 0 Å². The zero-order valence-corrected chi connectivity index (χ0v) is 17.4. The van der Waals surface area contributed by atoms with E-state index in [9.17, 15) is 22.8 Å². The van der Waals surface area contributed by atoms with Crippen LogP contribution in [0.15, 0.2) is 54.6 Å². The number of carbonyl (C=O) groups is 3. The van der Waals surface area contributed by atoms with Crippen molar-refractivity contribution in [1.29, 1.82) is 0 Å². The standard InChI is InChI=1S/C22H22N2O6S/c25-20-18(23-21(26)24-20)11-15-10-16-8-4-5-9-17(16)19(12-15)31(28,29)22(27)30-13-14-6-2-1-3-7-14/h1-9,15,18-19H,10-13H2,(H2,23,24,25,26)/t15-,18?,19?/m0/s1. The second kappa shape index (κ2) is 8.50. The average Bonchev–Trinajstić information content (AvgIpc) is 3.08. The summed E-state index contributed by atoms with van der Waals surface area (Å²) in [6.07, 6.45) is 1.01. The predicted molar refractivity (Wildman–Crippen MR) is 112 cm³/mol. The van der Waals surface area contributed by atoms with Gasteiger partial charge < -0.3 is 10.1 Å². The maximum absolute atomic E-state index is 13.1. The minimum absolute atomic E-state index is 0.134. The molecule has 0 aromatic heterocycles. The summed E-state index contributed by atoms with van der Waals surface area (Å²) in [4.78, 5) is 35.9. The molecule has 2 aromatic carbocycles. The van der Waals surface area contributed by atoms with Crippen molar-refractivity contribution in [2.45, 2.75) is 37.2 Å². The van der Waals surface area contributed by atoms with Gasteiger partial charge in [-0.15, -0.1) is 0 Å². The highest BCUT2D eigenvalue weighted by Gasteiger charge is 2.42. The number of nitrogens with one attached hydrogen (secondary N) is 2. The second-order valence-corrected chi connectivity index (χ2v) is 9.81. The predicted octanol–water partition coefficient (Wildman–Crippen LogP) is 2.64. The highest BCUT2D eigenvalue weighted by Crippen LogP contribution is 2.41. The van der Waals surface area contributed by atoms with Crippen LogP contribution in [-0.4, -0.2) is 31.7 Å². The monoisotopic (exact) mass is 442 g/mol. The van der Waals surface area contributed by atoms with Crippen LogP contribution in [0.2, 0.25) is 0 Å². The lowest BCUT2D eigenvalue weighted by atomic mass is 9.80. The fourth-order valence-corrected chi connectivity index (χ4v) is 5.75. The SMILES string of the molecule is O=C1NC(=O)C(C[C@@H]2Cc3ccccc3C(S(=O)(=O)C(=O)OCc3ccccc3)C2)N1. The molecule has 1 aliphatic heterocycles. The van der Waals surface area contributed by atoms with Crippen LogP contribution in [0.1, 0.15) is 34.8 Å². The Hall–Kier alpha value is -3.20. The molecule has 1 aliphatic carbocycles. The molecule has 1 heterocycles. The molecule has 162 valence electrons. The molecule has 4 rings (SSSR count). The van der Waals surface area contributed by atoms with E-state index in [1.54, 1.807) is 36.4 Å². The molecule has 0 spiro atoms. The highest BCUT2D eigenvalue weighted by molar-refractivity contribution is 8.05. The topological polar surface area (TPSA) is 119 Å². The van der Waals surface area contributed by atoms with Gasteiger partial charge in [-0.2, -0.15) is 0 Å². The third-order valence-electron chi connectivity index (χ3n) is 5.69. The third-order valence-corrected chi connectivity index (χ3v) is 7.47. The smallest absolute Gasteiger partial charge is 0.425 e. The van der Waals surface area contributed by atoms with Crippen LogP contribution in [0.3, 0.4) is 0 Å². The lowest BCUT2D eigenvalue weighted by Crippen LogP contribution is -2.35. The van der Waals surface area contributed by atoms with E-state index in [4.69, 9.17) is 4.74 Å². The quantitative estimate of drug-likeness (QED) is 0.543. The number of fused-ring (bicyclic) bond motifs is 1. The number of imide groups is 1. The Morgan fingerprint density at radius 3 is 2.45 bits per heavy atom. The summed E-state index contributed by atoms with van der Waals surface area (Å²) >= 11 is 0. The van der Waals surface area contributed by atoms with Crippen molar-refractivity contribution in [3.63, 3.8) is 0 Å². The van der Waals surface area contributed by atoms with Crippen LogP contribution >= 0.6 is 0 Å². The second-order valence-electron chi connectivity index (χ2n) is 7.81. The number of rotatable bonds is 5. The molecule has 0 bridgehead atoms. The van der Waals surface area contributed by atoms with Crippen LogP contribution in [0.5, 0.6) is 0 Å². The lowest BCUT2D eigenvalue weighted by molar-refractivity contribution is -0.120. The van der Waals surface area contributed by atoms with Gasteiger partial charge in [0, 0.05) is 0 Å². The van der Waals surface area contributed by atoms with Gasteiger partial charge in [0.05, 0.1) is 5.25 Å². The van der Waals surface area contributed by atoms with Crippen LogP contribution in [0, 0.1) is 5.92 Å². The molecule has 2 unspecified atom stereocenters. The van der Waals surface area contributed by atoms with Gasteiger partial charge in [0.2, 0.25) is 0 Å². The van der Waals surface area contributed by atoms with Crippen LogP contribution in [-0.2, 0) is 32.4 Å². The number of sulfone groups is 1. The summed E-state index contributed by atoms with van der Waals surface area (Å²) in [7, 11) is -4.29. The van der Waals surface area contributed by atoms with E-state index < -0.39 is 38.4 Å². The van der Waals surface area contributed by atoms with E-state index in [2.05, 4.69) is 10.6 Å². The molecular formula is C22H22N2O6S. The first kappa shape index (κ1) is 21.0. The number of hydrogen-bond acceptors (Lipinski definition) is 6. The summed E-state index contributed by atoms with van der Waals surface area (Å²) < 4.78 is 31.4. The Balaban J connectivity index is 1.54. The average molecular weight is 442 g/mol. The molecule has 31 heavy (non-hydrogen) atoms. The maximum Gasteiger partial charge on any atom is 0.425 e. The third kappa shape index (κ3) is 4.46. The largest absolute Gasteiger partial charge is 0.449 e. The Kier molecular flexibility index (Phi) is 5.77. The first-order chi connectivity index (χ1) is 14.8. The lowest BCUT2D eigenvalue weighted by Gasteiger charge is -2.31. The van der Waals surface area contributed by atoms with Crippen LogP contribution in [0.4, 0.5) is 9.59 Å². The van der Waals surface area contributed by atoms with Crippen LogP contribution < -0.4 is 10.6 Å². The number of ether oxygens (including phenoxy) is 1. The van der Waals surface area contributed by atoms with Gasteiger partial charge in [-0.05, 0) is 41.9 Å². The fourth-order valence-electron chi connectivity index (χ4n) is 4.20. The minimum atomic E-state index is -4.29. The summed E-state index contributed by atoms with van der Waals surface area (Å²) in [5, 5.41) is 2.41. The Labute approximate surface area is 179 Å². The molecule has 9 heteroatoms. The fraction of sp³-hybridized carbons (Fsp3) is 0.318. The van der Waals surface area contributed by atoms with Crippen molar-refractivity contribution in [2.24, 2.45) is 5.92 Å². The molecule has 0 radical (unpaired) electrons. The van der Waals surface area contributed by atoms with Gasteiger partial charge in [-0.25, -0.2) is 18.0 Å². The molecule has 2 N–H and O–H groups in total. The molecule has 8 nitrogen and oxygen atoms in total. The van der Waals surface area contributed by atoms with Crippen molar-refractivity contribution in [3.05, 3.63) is 71.3 Å². The van der Waals surface area contributed by atoms with E-state index in [-0.39, 0.29) is 25.4 Å². The van der Waals surface area contributed by atoms with Gasteiger partial charge in [0.1, 0.15) is 12.6 Å². The number of hydrogen-bond donors (Lipinski definition) is 2. The number of amides is 3. The minimum Gasteiger partial charge on any atom is -0.449 e. The van der Waals surface area contributed by atoms with Crippen molar-refractivity contribution in [1.82, 2.24) is 10.6 Å². The molecule has 1 saturated heterocycles. The normalized spacial score (nSPS) is 22.9. The van der Waals surface area contributed by atoms with Gasteiger partial charge in [0.15, 0.2) is 0 Å². The summed E-state index contributed by atoms with van der Waals surface area (Å²) in [5.74, 6) is -0.628. The van der Waals surface area contributed by atoms with Gasteiger partial charge in [0.25, 0.3) is 15.7 Å². The molecule has 2 aliphatic rings. The van der Waals surface area contributed by atoms with Gasteiger partial charge in [-0.1, -0.05) is 54.6 Å². The summed E-state index contributed by atoms with van der Waals surface area (Å²) in [6, 6.07) is 14.7. The van der Waals surface area contributed by atoms with E-state index >= 15 is 0 Å². The van der Waals surface area contributed by atoms with Crippen LogP contribution in [0.25, 0.3) is 0 Å². The number of carbonyl (C=O) groups excluding carboxylic acids is 3. The van der Waals surface area contributed by atoms with Crippen molar-refractivity contribution in [2.75, 3.05) is 0 Å². The summed E-state index contributed by atoms with van der Waals surface area (Å²) in [5.41, 5.74) is 2.08. The first-order valence-corrected chi connectivity index (χ1v) is 11.5. The van der Waals surface area contributed by atoms with E-state index in [0.717, 1.165) is 5.56 Å². The van der Waals surface area contributed by atoms with Crippen molar-refractivity contribution >= 4 is 27.1 Å². The number of benzene rings is 2. The molecule has 2 aromatic rings. The van der Waals surface area contributed by atoms with E-state index in [1.165, 1.54) is 0 Å². The molecule has 0 saturated carbocycles.